The van der Waals surface area contributed by atoms with Crippen molar-refractivity contribution in [2.24, 2.45) is 5.92 Å². The zero-order chi connectivity index (χ0) is 22.5. The fourth-order valence-electron chi connectivity index (χ4n) is 5.05. The first kappa shape index (κ1) is 22.0. The molecule has 10 heteroatoms. The third kappa shape index (κ3) is 4.25. The summed E-state index contributed by atoms with van der Waals surface area (Å²) < 4.78 is 41.7. The Morgan fingerprint density at radius 1 is 1.29 bits per heavy atom. The molecule has 4 rings (SSSR count). The Balaban J connectivity index is 1.49. The Hall–Kier alpha value is -2.26. The molecule has 2 fully saturated rings. The summed E-state index contributed by atoms with van der Waals surface area (Å²) in [5.41, 5.74) is 0.592. The molecule has 0 saturated carbocycles. The van der Waals surface area contributed by atoms with Gasteiger partial charge in [-0.2, -0.15) is 18.3 Å². The van der Waals surface area contributed by atoms with Gasteiger partial charge in [0.15, 0.2) is 6.04 Å². The van der Waals surface area contributed by atoms with Crippen LogP contribution in [0.15, 0.2) is 6.07 Å². The van der Waals surface area contributed by atoms with Crippen molar-refractivity contribution in [2.75, 3.05) is 25.0 Å². The van der Waals surface area contributed by atoms with E-state index in [1.165, 1.54) is 0 Å². The topological polar surface area (TPSA) is 70.5 Å². The summed E-state index contributed by atoms with van der Waals surface area (Å²) in [4.78, 5) is 28.8. The lowest BCUT2D eigenvalue weighted by Gasteiger charge is -2.33. The third-order valence-electron chi connectivity index (χ3n) is 6.68. The van der Waals surface area contributed by atoms with Crippen LogP contribution in [0.5, 0.6) is 0 Å². The monoisotopic (exact) mass is 441 g/mol. The maximum absolute atomic E-state index is 13.5. The van der Waals surface area contributed by atoms with Crippen molar-refractivity contribution in [3.63, 3.8) is 0 Å². The normalized spacial score (nSPS) is 29.3. The van der Waals surface area contributed by atoms with Crippen LogP contribution >= 0.6 is 0 Å². The standard InChI is InChI=1S/C21H30F3N5O2/c1-12(2)28-11-15(8-19(28)30)20(31)27-6-4-5-14(10-27)16-9-18-25-13(3)7-17(21(22,23)24)29(18)26-16/h9,12-15,17,25H,4-8,10-11H2,1-3H3. The van der Waals surface area contributed by atoms with E-state index in [1.54, 1.807) is 22.8 Å². The quantitative estimate of drug-likeness (QED) is 0.782. The molecule has 0 spiro atoms. The molecule has 4 heterocycles. The summed E-state index contributed by atoms with van der Waals surface area (Å²) >= 11 is 0. The molecule has 2 amide bonds. The van der Waals surface area contributed by atoms with Gasteiger partial charge < -0.3 is 15.1 Å². The summed E-state index contributed by atoms with van der Waals surface area (Å²) in [5, 5.41) is 7.43. The highest BCUT2D eigenvalue weighted by atomic mass is 19.4. The SMILES string of the molecule is CC1CC(C(F)(F)F)n2nc(C3CCCN(C(=O)C4CC(=O)N(C(C)C)C4)C3)cc2N1. The van der Waals surface area contributed by atoms with Crippen LogP contribution in [0.2, 0.25) is 0 Å². The highest BCUT2D eigenvalue weighted by molar-refractivity contribution is 5.89. The number of carbonyl (C=O) groups is 2. The molecular weight excluding hydrogens is 411 g/mol. The number of amides is 2. The van der Waals surface area contributed by atoms with Gasteiger partial charge in [0.2, 0.25) is 11.8 Å². The van der Waals surface area contributed by atoms with Gasteiger partial charge in [0.05, 0.1) is 11.6 Å². The first-order valence-electron chi connectivity index (χ1n) is 11.1. The van der Waals surface area contributed by atoms with Crippen molar-refractivity contribution in [2.45, 2.75) is 76.7 Å². The lowest BCUT2D eigenvalue weighted by atomic mass is 9.93. The van der Waals surface area contributed by atoms with Crippen molar-refractivity contribution < 1.29 is 22.8 Å². The maximum Gasteiger partial charge on any atom is 0.410 e. The van der Waals surface area contributed by atoms with Gasteiger partial charge in [-0.25, -0.2) is 4.68 Å². The molecular formula is C21H30F3N5O2. The number of anilines is 1. The summed E-state index contributed by atoms with van der Waals surface area (Å²) in [6, 6.07) is -0.169. The molecule has 4 atom stereocenters. The number of hydrogen-bond acceptors (Lipinski definition) is 4. The molecule has 0 aliphatic carbocycles. The number of rotatable bonds is 3. The molecule has 1 aromatic heterocycles. The molecule has 0 radical (unpaired) electrons. The Kier molecular flexibility index (Phi) is 5.68. The molecule has 3 aliphatic heterocycles. The van der Waals surface area contributed by atoms with Crippen LogP contribution in [-0.4, -0.2) is 69.3 Å². The van der Waals surface area contributed by atoms with Gasteiger partial charge >= 0.3 is 6.18 Å². The fraction of sp³-hybridized carbons (Fsp3) is 0.762. The number of aromatic nitrogens is 2. The average molecular weight is 441 g/mol. The van der Waals surface area contributed by atoms with Gasteiger partial charge in [0, 0.05) is 50.1 Å². The minimum atomic E-state index is -4.36. The van der Waals surface area contributed by atoms with Crippen LogP contribution in [0, 0.1) is 5.92 Å². The molecule has 31 heavy (non-hydrogen) atoms. The molecule has 2 saturated heterocycles. The van der Waals surface area contributed by atoms with E-state index in [0.717, 1.165) is 17.5 Å². The fourth-order valence-corrected chi connectivity index (χ4v) is 5.05. The van der Waals surface area contributed by atoms with E-state index in [9.17, 15) is 22.8 Å². The van der Waals surface area contributed by atoms with E-state index in [0.29, 0.717) is 31.1 Å². The second-order valence-corrected chi connectivity index (χ2v) is 9.40. The number of fused-ring (bicyclic) bond motifs is 1. The number of nitrogens with one attached hydrogen (secondary N) is 1. The second kappa shape index (κ2) is 8.02. The molecule has 1 N–H and O–H groups in total. The molecule has 172 valence electrons. The van der Waals surface area contributed by atoms with Crippen LogP contribution in [0.1, 0.15) is 64.1 Å². The van der Waals surface area contributed by atoms with E-state index in [4.69, 9.17) is 0 Å². The molecule has 0 aromatic carbocycles. The average Bonchev–Trinajstić information content (AvgIpc) is 3.29. The van der Waals surface area contributed by atoms with Crippen molar-refractivity contribution in [1.82, 2.24) is 19.6 Å². The van der Waals surface area contributed by atoms with Crippen molar-refractivity contribution >= 4 is 17.6 Å². The van der Waals surface area contributed by atoms with Gasteiger partial charge in [0.1, 0.15) is 5.82 Å². The largest absolute Gasteiger partial charge is 0.410 e. The lowest BCUT2D eigenvalue weighted by molar-refractivity contribution is -0.173. The van der Waals surface area contributed by atoms with E-state index in [1.807, 2.05) is 13.8 Å². The smallest absolute Gasteiger partial charge is 0.368 e. The van der Waals surface area contributed by atoms with Crippen LogP contribution < -0.4 is 5.32 Å². The van der Waals surface area contributed by atoms with E-state index in [2.05, 4.69) is 10.4 Å². The van der Waals surface area contributed by atoms with Crippen LogP contribution in [-0.2, 0) is 9.59 Å². The molecule has 3 aliphatic rings. The van der Waals surface area contributed by atoms with Crippen LogP contribution in [0.25, 0.3) is 0 Å². The van der Waals surface area contributed by atoms with Crippen LogP contribution in [0.4, 0.5) is 19.0 Å². The van der Waals surface area contributed by atoms with E-state index >= 15 is 0 Å². The minimum absolute atomic E-state index is 0.00192. The summed E-state index contributed by atoms with van der Waals surface area (Å²) in [5.74, 6) is -0.110. The zero-order valence-electron chi connectivity index (χ0n) is 18.2. The van der Waals surface area contributed by atoms with Crippen LogP contribution in [0.3, 0.4) is 0 Å². The highest BCUT2D eigenvalue weighted by Gasteiger charge is 2.46. The van der Waals surface area contributed by atoms with Gasteiger partial charge in [-0.3, -0.25) is 9.59 Å². The van der Waals surface area contributed by atoms with Crippen molar-refractivity contribution in [3.05, 3.63) is 11.8 Å². The number of likely N-dealkylation sites (tertiary alicyclic amines) is 2. The number of carbonyl (C=O) groups excluding carboxylic acids is 2. The predicted octanol–water partition coefficient (Wildman–Crippen LogP) is 3.15. The second-order valence-electron chi connectivity index (χ2n) is 9.40. The Bertz CT molecular complexity index is 853. The Morgan fingerprint density at radius 3 is 2.68 bits per heavy atom. The molecule has 4 unspecified atom stereocenters. The summed E-state index contributed by atoms with van der Waals surface area (Å²) in [6.45, 7) is 7.07. The molecule has 1 aromatic rings. The number of alkyl halides is 3. The molecule has 0 bridgehead atoms. The predicted molar refractivity (Wildman–Crippen MR) is 109 cm³/mol. The number of hydrogen-bond donors (Lipinski definition) is 1. The first-order valence-corrected chi connectivity index (χ1v) is 11.1. The van der Waals surface area contributed by atoms with Gasteiger partial charge in [-0.05, 0) is 40.0 Å². The molecule has 7 nitrogen and oxygen atoms in total. The third-order valence-corrected chi connectivity index (χ3v) is 6.68. The Morgan fingerprint density at radius 2 is 2.03 bits per heavy atom. The van der Waals surface area contributed by atoms with Gasteiger partial charge in [-0.15, -0.1) is 0 Å². The summed E-state index contributed by atoms with van der Waals surface area (Å²) in [6.07, 6.45) is -2.66. The number of halogens is 3. The van der Waals surface area contributed by atoms with E-state index < -0.39 is 12.2 Å². The van der Waals surface area contributed by atoms with Gasteiger partial charge in [-0.1, -0.05) is 0 Å². The number of nitrogens with zero attached hydrogens (tertiary/aromatic N) is 4. The first-order chi connectivity index (χ1) is 14.5. The van der Waals surface area contributed by atoms with E-state index in [-0.39, 0.29) is 48.6 Å². The maximum atomic E-state index is 13.5. The Labute approximate surface area is 179 Å². The minimum Gasteiger partial charge on any atom is -0.368 e. The van der Waals surface area contributed by atoms with Gasteiger partial charge in [0.25, 0.3) is 0 Å². The van der Waals surface area contributed by atoms with Crippen molar-refractivity contribution in [1.29, 1.82) is 0 Å². The highest BCUT2D eigenvalue weighted by Crippen LogP contribution is 2.41. The summed E-state index contributed by atoms with van der Waals surface area (Å²) in [7, 11) is 0. The lowest BCUT2D eigenvalue weighted by Crippen LogP contribution is -2.43. The zero-order valence-corrected chi connectivity index (χ0v) is 18.2. The van der Waals surface area contributed by atoms with Crippen molar-refractivity contribution in [3.8, 4) is 0 Å². The number of piperidine rings is 1.